The molecular weight excluding hydrogens is 248 g/mol. The Morgan fingerprint density at radius 2 is 1.67 bits per heavy atom. The Labute approximate surface area is 116 Å². The van der Waals surface area contributed by atoms with Crippen LogP contribution in [0.5, 0.6) is 0 Å². The van der Waals surface area contributed by atoms with Gasteiger partial charge in [0.05, 0.1) is 0 Å². The largest absolute Gasteiger partial charge is 0.353 e. The Hall–Kier alpha value is -0.280. The van der Waals surface area contributed by atoms with Crippen LogP contribution in [0.15, 0.2) is 0 Å². The van der Waals surface area contributed by atoms with Crippen molar-refractivity contribution in [2.24, 2.45) is 17.8 Å². The Bertz CT molecular complexity index is 280. The van der Waals surface area contributed by atoms with Gasteiger partial charge >= 0.3 is 0 Å². The zero-order valence-corrected chi connectivity index (χ0v) is 11.8. The quantitative estimate of drug-likeness (QED) is 0.773. The molecular formula is C14H25ClN2O. The molecule has 2 saturated carbocycles. The maximum atomic E-state index is 12.0. The van der Waals surface area contributed by atoms with E-state index in [9.17, 15) is 4.79 Å². The van der Waals surface area contributed by atoms with Gasteiger partial charge in [0.25, 0.3) is 0 Å². The number of halogens is 1. The Morgan fingerprint density at radius 1 is 1.06 bits per heavy atom. The minimum atomic E-state index is 0. The van der Waals surface area contributed by atoms with Crippen LogP contribution in [-0.4, -0.2) is 25.0 Å². The molecule has 0 aromatic heterocycles. The Morgan fingerprint density at radius 3 is 2.28 bits per heavy atom. The van der Waals surface area contributed by atoms with Crippen molar-refractivity contribution < 1.29 is 4.79 Å². The number of nitrogens with one attached hydrogen (secondary N) is 2. The molecule has 0 aromatic carbocycles. The summed E-state index contributed by atoms with van der Waals surface area (Å²) < 4.78 is 0. The molecule has 1 saturated heterocycles. The zero-order valence-electron chi connectivity index (χ0n) is 11.0. The SMILES string of the molecule is Cl.O=C(CC1CCCCCC1)NC1C2CNCC21. The van der Waals surface area contributed by atoms with Crippen LogP contribution >= 0.6 is 12.4 Å². The van der Waals surface area contributed by atoms with Crippen LogP contribution < -0.4 is 10.6 Å². The highest BCUT2D eigenvalue weighted by molar-refractivity contribution is 5.85. The van der Waals surface area contributed by atoms with Crippen molar-refractivity contribution in [1.29, 1.82) is 0 Å². The molecule has 1 aliphatic heterocycles. The molecule has 2 unspecified atom stereocenters. The molecule has 4 heteroatoms. The van der Waals surface area contributed by atoms with Crippen LogP contribution in [0.25, 0.3) is 0 Å². The molecule has 2 atom stereocenters. The Balaban J connectivity index is 0.00000120. The summed E-state index contributed by atoms with van der Waals surface area (Å²) in [5.74, 6) is 2.46. The monoisotopic (exact) mass is 272 g/mol. The average Bonchev–Trinajstić information content (AvgIpc) is 2.82. The lowest BCUT2D eigenvalue weighted by atomic mass is 9.96. The van der Waals surface area contributed by atoms with E-state index in [0.717, 1.165) is 31.3 Å². The minimum absolute atomic E-state index is 0. The number of amides is 1. The second-order valence-electron chi connectivity index (χ2n) is 6.14. The Kier molecular flexibility index (Phi) is 4.91. The molecule has 2 aliphatic carbocycles. The van der Waals surface area contributed by atoms with Crippen LogP contribution in [0.1, 0.15) is 44.9 Å². The fourth-order valence-electron chi connectivity index (χ4n) is 3.71. The molecule has 0 radical (unpaired) electrons. The first-order valence-corrected chi connectivity index (χ1v) is 7.34. The molecule has 18 heavy (non-hydrogen) atoms. The zero-order chi connectivity index (χ0) is 11.7. The van der Waals surface area contributed by atoms with Crippen molar-refractivity contribution in [3.63, 3.8) is 0 Å². The number of carbonyl (C=O) groups excluding carboxylic acids is 1. The van der Waals surface area contributed by atoms with E-state index in [1.165, 1.54) is 38.5 Å². The van der Waals surface area contributed by atoms with Gasteiger partial charge in [0.2, 0.25) is 5.91 Å². The van der Waals surface area contributed by atoms with Gasteiger partial charge in [-0.3, -0.25) is 4.79 Å². The summed E-state index contributed by atoms with van der Waals surface area (Å²) in [5, 5.41) is 6.61. The molecule has 104 valence electrons. The van der Waals surface area contributed by atoms with Gasteiger partial charge < -0.3 is 10.6 Å². The molecule has 3 fully saturated rings. The van der Waals surface area contributed by atoms with Gasteiger partial charge in [-0.1, -0.05) is 25.7 Å². The summed E-state index contributed by atoms with van der Waals surface area (Å²) in [7, 11) is 0. The first kappa shape index (κ1) is 14.1. The van der Waals surface area contributed by atoms with E-state index in [-0.39, 0.29) is 12.4 Å². The fraction of sp³-hybridized carbons (Fsp3) is 0.929. The van der Waals surface area contributed by atoms with Crippen LogP contribution in [-0.2, 0) is 4.79 Å². The summed E-state index contributed by atoms with van der Waals surface area (Å²) in [6.07, 6.45) is 8.72. The molecule has 3 aliphatic rings. The third-order valence-electron chi connectivity index (χ3n) is 4.87. The molecule has 2 N–H and O–H groups in total. The third kappa shape index (κ3) is 3.18. The highest BCUT2D eigenvalue weighted by atomic mass is 35.5. The van der Waals surface area contributed by atoms with Crippen molar-refractivity contribution >= 4 is 18.3 Å². The molecule has 3 nitrogen and oxygen atoms in total. The highest BCUT2D eigenvalue weighted by Gasteiger charge is 2.53. The van der Waals surface area contributed by atoms with Gasteiger partial charge in [0.15, 0.2) is 0 Å². The topological polar surface area (TPSA) is 41.1 Å². The maximum Gasteiger partial charge on any atom is 0.220 e. The minimum Gasteiger partial charge on any atom is -0.353 e. The van der Waals surface area contributed by atoms with Gasteiger partial charge in [-0.15, -0.1) is 12.4 Å². The van der Waals surface area contributed by atoms with Crippen LogP contribution in [0.4, 0.5) is 0 Å². The first-order chi connectivity index (χ1) is 8.34. The van der Waals surface area contributed by atoms with Crippen molar-refractivity contribution in [3.8, 4) is 0 Å². The van der Waals surface area contributed by atoms with E-state index in [0.29, 0.717) is 17.9 Å². The predicted octanol–water partition coefficient (Wildman–Crippen LogP) is 2.10. The van der Waals surface area contributed by atoms with Crippen molar-refractivity contribution in [1.82, 2.24) is 10.6 Å². The van der Waals surface area contributed by atoms with Crippen molar-refractivity contribution in [2.75, 3.05) is 13.1 Å². The van der Waals surface area contributed by atoms with E-state index < -0.39 is 0 Å². The van der Waals surface area contributed by atoms with Gasteiger partial charge in [-0.05, 0) is 30.6 Å². The van der Waals surface area contributed by atoms with E-state index in [1.54, 1.807) is 0 Å². The summed E-state index contributed by atoms with van der Waals surface area (Å²) in [6.45, 7) is 2.22. The second kappa shape index (κ2) is 6.25. The molecule has 1 heterocycles. The smallest absolute Gasteiger partial charge is 0.220 e. The maximum absolute atomic E-state index is 12.0. The number of piperidine rings is 1. The van der Waals surface area contributed by atoms with Crippen LogP contribution in [0, 0.1) is 17.8 Å². The van der Waals surface area contributed by atoms with Crippen molar-refractivity contribution in [3.05, 3.63) is 0 Å². The van der Waals surface area contributed by atoms with E-state index >= 15 is 0 Å². The molecule has 0 aromatic rings. The lowest BCUT2D eigenvalue weighted by molar-refractivity contribution is -0.122. The number of hydrogen-bond donors (Lipinski definition) is 2. The normalized spacial score (nSPS) is 35.2. The summed E-state index contributed by atoms with van der Waals surface area (Å²) in [5.41, 5.74) is 0. The molecule has 0 spiro atoms. The van der Waals surface area contributed by atoms with Crippen LogP contribution in [0.3, 0.4) is 0 Å². The molecule has 0 bridgehead atoms. The van der Waals surface area contributed by atoms with Gasteiger partial charge in [-0.25, -0.2) is 0 Å². The van der Waals surface area contributed by atoms with Gasteiger partial charge in [0, 0.05) is 25.6 Å². The first-order valence-electron chi connectivity index (χ1n) is 7.34. The fourth-order valence-corrected chi connectivity index (χ4v) is 3.71. The van der Waals surface area contributed by atoms with Crippen molar-refractivity contribution in [2.45, 2.75) is 51.0 Å². The van der Waals surface area contributed by atoms with E-state index in [4.69, 9.17) is 0 Å². The van der Waals surface area contributed by atoms with E-state index in [2.05, 4.69) is 10.6 Å². The summed E-state index contributed by atoms with van der Waals surface area (Å²) >= 11 is 0. The summed E-state index contributed by atoms with van der Waals surface area (Å²) in [4.78, 5) is 12.0. The van der Waals surface area contributed by atoms with E-state index in [1.807, 2.05) is 0 Å². The number of carbonyl (C=O) groups is 1. The number of fused-ring (bicyclic) bond motifs is 1. The van der Waals surface area contributed by atoms with Gasteiger partial charge in [-0.2, -0.15) is 0 Å². The number of hydrogen-bond acceptors (Lipinski definition) is 2. The molecule has 1 amide bonds. The standard InChI is InChI=1S/C14H24N2O.ClH/c17-13(7-10-5-3-1-2-4-6-10)16-14-11-8-15-9-12(11)14;/h10-12,14-15H,1-9H2,(H,16,17);1H. The lowest BCUT2D eigenvalue weighted by Crippen LogP contribution is -2.33. The van der Waals surface area contributed by atoms with Gasteiger partial charge in [0.1, 0.15) is 0 Å². The highest BCUT2D eigenvalue weighted by Crippen LogP contribution is 2.41. The average molecular weight is 273 g/mol. The number of rotatable bonds is 3. The molecule has 3 rings (SSSR count). The lowest BCUT2D eigenvalue weighted by Gasteiger charge is -2.14. The second-order valence-corrected chi connectivity index (χ2v) is 6.14. The third-order valence-corrected chi connectivity index (χ3v) is 4.87. The predicted molar refractivity (Wildman–Crippen MR) is 74.8 cm³/mol. The summed E-state index contributed by atoms with van der Waals surface area (Å²) in [6, 6.07) is 0.509. The van der Waals surface area contributed by atoms with Crippen LogP contribution in [0.2, 0.25) is 0 Å².